The van der Waals surface area contributed by atoms with Gasteiger partial charge >= 0.3 is 5.97 Å². The maximum Gasteiger partial charge on any atom is 0.305 e. The first-order chi connectivity index (χ1) is 19.5. The van der Waals surface area contributed by atoms with E-state index in [1.54, 1.807) is 23.0 Å². The summed E-state index contributed by atoms with van der Waals surface area (Å²) in [6.07, 6.45) is 3.29. The second-order valence-corrected chi connectivity index (χ2v) is 9.59. The summed E-state index contributed by atoms with van der Waals surface area (Å²) >= 11 is 6.22. The van der Waals surface area contributed by atoms with E-state index in [0.29, 0.717) is 16.3 Å². The molecule has 40 heavy (non-hydrogen) atoms. The Morgan fingerprint density at radius 2 is 1.62 bits per heavy atom. The molecule has 1 amide bonds. The van der Waals surface area contributed by atoms with Crippen LogP contribution in [0.3, 0.4) is 0 Å². The second-order valence-electron chi connectivity index (χ2n) is 9.16. The highest BCUT2D eigenvalue weighted by molar-refractivity contribution is 6.31. The van der Waals surface area contributed by atoms with Crippen LogP contribution in [0, 0.1) is 0 Å². The zero-order valence-corrected chi connectivity index (χ0v) is 22.2. The molecular formula is C32H26ClN3O4. The second kappa shape index (κ2) is 12.3. The van der Waals surface area contributed by atoms with Gasteiger partial charge in [-0.1, -0.05) is 78.3 Å². The van der Waals surface area contributed by atoms with E-state index in [2.05, 4.69) is 10.4 Å². The first-order valence-corrected chi connectivity index (χ1v) is 13.0. The number of carbonyl (C=O) groups excluding carboxylic acids is 1. The Hall–Kier alpha value is -4.88. The molecule has 0 bridgehead atoms. The number of amides is 1. The van der Waals surface area contributed by atoms with E-state index in [1.807, 2.05) is 91.1 Å². The summed E-state index contributed by atoms with van der Waals surface area (Å²) in [5.41, 5.74) is 4.76. The number of ether oxygens (including phenoxy) is 1. The molecule has 0 spiro atoms. The number of carbonyl (C=O) groups is 2. The van der Waals surface area contributed by atoms with Crippen LogP contribution in [0.1, 0.15) is 33.9 Å². The van der Waals surface area contributed by atoms with E-state index < -0.39 is 17.9 Å². The third-order valence-electron chi connectivity index (χ3n) is 6.39. The van der Waals surface area contributed by atoms with Crippen LogP contribution in [0.15, 0.2) is 116 Å². The van der Waals surface area contributed by atoms with Crippen LogP contribution in [0.5, 0.6) is 5.75 Å². The van der Waals surface area contributed by atoms with Crippen molar-refractivity contribution in [2.45, 2.75) is 19.1 Å². The molecule has 5 aromatic rings. The molecule has 5 rings (SSSR count). The number of nitrogens with zero attached hydrogens (tertiary/aromatic N) is 2. The molecule has 8 heteroatoms. The van der Waals surface area contributed by atoms with Gasteiger partial charge in [-0.05, 0) is 58.7 Å². The predicted octanol–water partition coefficient (Wildman–Crippen LogP) is 6.72. The topological polar surface area (TPSA) is 93.5 Å². The van der Waals surface area contributed by atoms with Crippen molar-refractivity contribution in [3.63, 3.8) is 0 Å². The van der Waals surface area contributed by atoms with Crippen LogP contribution in [0.4, 0.5) is 0 Å². The summed E-state index contributed by atoms with van der Waals surface area (Å²) in [5.74, 6) is -1.17. The van der Waals surface area contributed by atoms with Crippen LogP contribution in [0.2, 0.25) is 5.02 Å². The van der Waals surface area contributed by atoms with Crippen molar-refractivity contribution < 1.29 is 19.4 Å². The minimum Gasteiger partial charge on any atom is -0.488 e. The minimum absolute atomic E-state index is 0.219. The van der Waals surface area contributed by atoms with Crippen molar-refractivity contribution in [3.05, 3.63) is 137 Å². The van der Waals surface area contributed by atoms with Gasteiger partial charge in [-0.25, -0.2) is 4.68 Å². The normalized spacial score (nSPS) is 11.5. The zero-order valence-electron chi connectivity index (χ0n) is 21.4. The third-order valence-corrected chi connectivity index (χ3v) is 6.63. The molecule has 1 unspecified atom stereocenters. The van der Waals surface area contributed by atoms with E-state index in [4.69, 9.17) is 16.3 Å². The fraction of sp³-hybridized carbons (Fsp3) is 0.0938. The number of halogens is 1. The molecule has 1 aromatic heterocycles. The Bertz CT molecular complexity index is 1590. The molecule has 200 valence electrons. The Kier molecular flexibility index (Phi) is 8.23. The number of rotatable bonds is 10. The number of nitrogens with one attached hydrogen (secondary N) is 1. The van der Waals surface area contributed by atoms with E-state index in [-0.39, 0.29) is 18.6 Å². The number of carboxylic acids is 1. The smallest absolute Gasteiger partial charge is 0.305 e. The summed E-state index contributed by atoms with van der Waals surface area (Å²) in [6, 6.07) is 31.0. The van der Waals surface area contributed by atoms with Crippen LogP contribution in [0.25, 0.3) is 16.8 Å². The number of hydrogen-bond acceptors (Lipinski definition) is 4. The highest BCUT2D eigenvalue weighted by Crippen LogP contribution is 2.27. The van der Waals surface area contributed by atoms with Gasteiger partial charge in [0, 0.05) is 17.4 Å². The Labute approximate surface area is 236 Å². The molecule has 0 aliphatic rings. The maximum atomic E-state index is 13.4. The quantitative estimate of drug-likeness (QED) is 0.201. The first kappa shape index (κ1) is 26.7. The molecule has 1 atom stereocenters. The molecule has 1 heterocycles. The highest BCUT2D eigenvalue weighted by Gasteiger charge is 2.22. The minimum atomic E-state index is -1.03. The van der Waals surface area contributed by atoms with Crippen LogP contribution in [-0.2, 0) is 11.4 Å². The van der Waals surface area contributed by atoms with Crippen molar-refractivity contribution in [1.82, 2.24) is 15.1 Å². The van der Waals surface area contributed by atoms with Crippen molar-refractivity contribution in [3.8, 4) is 22.6 Å². The molecule has 0 saturated heterocycles. The van der Waals surface area contributed by atoms with E-state index in [9.17, 15) is 14.7 Å². The van der Waals surface area contributed by atoms with Gasteiger partial charge in [0.05, 0.1) is 23.7 Å². The molecule has 0 saturated carbocycles. The zero-order chi connectivity index (χ0) is 27.9. The van der Waals surface area contributed by atoms with Crippen molar-refractivity contribution in [2.24, 2.45) is 0 Å². The number of hydrogen-bond donors (Lipinski definition) is 2. The van der Waals surface area contributed by atoms with Crippen molar-refractivity contribution >= 4 is 23.5 Å². The summed E-state index contributed by atoms with van der Waals surface area (Å²) in [7, 11) is 0. The fourth-order valence-electron chi connectivity index (χ4n) is 4.33. The Balaban J connectivity index is 1.32. The summed E-state index contributed by atoms with van der Waals surface area (Å²) < 4.78 is 7.76. The third kappa shape index (κ3) is 6.57. The number of carboxylic acid groups (broad SMARTS) is 1. The molecule has 4 aromatic carbocycles. The van der Waals surface area contributed by atoms with Gasteiger partial charge in [0.15, 0.2) is 0 Å². The summed E-state index contributed by atoms with van der Waals surface area (Å²) in [6.45, 7) is 0.223. The van der Waals surface area contributed by atoms with E-state index >= 15 is 0 Å². The van der Waals surface area contributed by atoms with Gasteiger partial charge in [0.2, 0.25) is 0 Å². The standard InChI is InChI=1S/C32H26ClN3O4/c33-26-13-16-30(40-21-22-7-14-27(15-8-22)36-18-4-17-34-36)28(19-26)32(39)35-29(20-31(37)38)25-11-9-24(10-12-25)23-5-2-1-3-6-23/h1-19,29H,20-21H2,(H,35,39)(H,37,38). The number of aromatic nitrogens is 2. The van der Waals surface area contributed by atoms with Crippen LogP contribution in [-0.4, -0.2) is 26.8 Å². The SMILES string of the molecule is O=C(O)CC(NC(=O)c1cc(Cl)ccc1OCc1ccc(-n2cccn2)cc1)c1ccc(-c2ccccc2)cc1. The molecule has 0 radical (unpaired) electrons. The molecule has 2 N–H and O–H groups in total. The molecular weight excluding hydrogens is 526 g/mol. The van der Waals surface area contributed by atoms with Gasteiger partial charge in [-0.2, -0.15) is 5.10 Å². The Morgan fingerprint density at radius 1 is 0.900 bits per heavy atom. The lowest BCUT2D eigenvalue weighted by Gasteiger charge is -2.19. The average molecular weight is 552 g/mol. The van der Waals surface area contributed by atoms with Gasteiger partial charge in [0.25, 0.3) is 5.91 Å². The van der Waals surface area contributed by atoms with Crippen molar-refractivity contribution in [2.75, 3.05) is 0 Å². The lowest BCUT2D eigenvalue weighted by Crippen LogP contribution is -2.30. The van der Waals surface area contributed by atoms with Crippen LogP contribution >= 0.6 is 11.6 Å². The van der Waals surface area contributed by atoms with E-state index in [0.717, 1.165) is 22.4 Å². The summed E-state index contributed by atoms with van der Waals surface area (Å²) in [4.78, 5) is 25.1. The van der Waals surface area contributed by atoms with E-state index in [1.165, 1.54) is 6.07 Å². The lowest BCUT2D eigenvalue weighted by molar-refractivity contribution is -0.137. The summed E-state index contributed by atoms with van der Waals surface area (Å²) in [5, 5.41) is 17.0. The maximum absolute atomic E-state index is 13.4. The van der Waals surface area contributed by atoms with Gasteiger partial charge in [0.1, 0.15) is 12.4 Å². The van der Waals surface area contributed by atoms with Gasteiger partial charge < -0.3 is 15.2 Å². The lowest BCUT2D eigenvalue weighted by atomic mass is 9.98. The monoisotopic (exact) mass is 551 g/mol. The van der Waals surface area contributed by atoms with Crippen molar-refractivity contribution in [1.29, 1.82) is 0 Å². The van der Waals surface area contributed by atoms with Gasteiger partial charge in [-0.3, -0.25) is 9.59 Å². The number of benzene rings is 4. The predicted molar refractivity (Wildman–Crippen MR) is 154 cm³/mol. The Morgan fingerprint density at radius 3 is 2.30 bits per heavy atom. The molecule has 0 fully saturated rings. The first-order valence-electron chi connectivity index (χ1n) is 12.7. The largest absolute Gasteiger partial charge is 0.488 e. The van der Waals surface area contributed by atoms with Crippen LogP contribution < -0.4 is 10.1 Å². The van der Waals surface area contributed by atoms with Gasteiger partial charge in [-0.15, -0.1) is 0 Å². The molecule has 7 nitrogen and oxygen atoms in total. The number of aliphatic carboxylic acids is 1. The molecule has 0 aliphatic heterocycles. The molecule has 0 aliphatic carbocycles. The average Bonchev–Trinajstić information content (AvgIpc) is 3.52. The highest BCUT2D eigenvalue weighted by atomic mass is 35.5. The fourth-order valence-corrected chi connectivity index (χ4v) is 4.51.